The maximum Gasteiger partial charge on any atom is 4.00 e. The summed E-state index contributed by atoms with van der Waals surface area (Å²) in [6, 6.07) is 12.8. The molecular formula is C20H24Cl2Zr. The number of hydrogen-bond acceptors (Lipinski definition) is 0. The summed E-state index contributed by atoms with van der Waals surface area (Å²) < 4.78 is 0. The molecule has 2 aromatic carbocycles. The molecule has 2 aromatic rings. The van der Waals surface area contributed by atoms with E-state index in [9.17, 15) is 0 Å². The van der Waals surface area contributed by atoms with Gasteiger partial charge in [-0.15, -0.1) is 47.5 Å². The van der Waals surface area contributed by atoms with E-state index in [1.807, 2.05) is 0 Å². The Kier molecular flexibility index (Phi) is 10.8. The van der Waals surface area contributed by atoms with Gasteiger partial charge in [-0.05, 0) is 0 Å². The first kappa shape index (κ1) is 25.0. The molecule has 0 bridgehead atoms. The third kappa shape index (κ3) is 5.97. The van der Waals surface area contributed by atoms with Gasteiger partial charge in [0.15, 0.2) is 0 Å². The number of hydrogen-bond donors (Lipinski definition) is 0. The van der Waals surface area contributed by atoms with Crippen molar-refractivity contribution in [3.63, 3.8) is 0 Å². The molecule has 0 aliphatic heterocycles. The quantitative estimate of drug-likeness (QED) is 0.520. The minimum absolute atomic E-state index is 0. The molecule has 0 unspecified atom stereocenters. The van der Waals surface area contributed by atoms with Crippen LogP contribution in [0.15, 0.2) is 53.1 Å². The van der Waals surface area contributed by atoms with Crippen molar-refractivity contribution < 1.29 is 51.0 Å². The van der Waals surface area contributed by atoms with Gasteiger partial charge in [0.2, 0.25) is 0 Å². The van der Waals surface area contributed by atoms with Gasteiger partial charge in [0.05, 0.1) is 0 Å². The van der Waals surface area contributed by atoms with Crippen LogP contribution in [0, 0.1) is 18.4 Å². The van der Waals surface area contributed by atoms with E-state index >= 15 is 0 Å². The van der Waals surface area contributed by atoms with Crippen LogP contribution in [0.5, 0.6) is 0 Å². The fourth-order valence-electron chi connectivity index (χ4n) is 2.71. The molecule has 122 valence electrons. The number of fused-ring (bicyclic) bond motifs is 1. The van der Waals surface area contributed by atoms with E-state index < -0.39 is 0 Å². The summed E-state index contributed by atoms with van der Waals surface area (Å²) in [6.45, 7) is 13.0. The van der Waals surface area contributed by atoms with Crippen LogP contribution < -0.4 is 24.8 Å². The number of aryl methyl sites for hydroxylation is 1. The molecule has 0 amide bonds. The van der Waals surface area contributed by atoms with Crippen molar-refractivity contribution in [1.29, 1.82) is 0 Å². The van der Waals surface area contributed by atoms with Gasteiger partial charge < -0.3 is 24.8 Å². The Balaban J connectivity index is 0. The van der Waals surface area contributed by atoms with E-state index in [0.29, 0.717) is 0 Å². The molecule has 3 heteroatoms. The predicted octanol–water partition coefficient (Wildman–Crippen LogP) is -0.0153. The van der Waals surface area contributed by atoms with Crippen molar-refractivity contribution in [1.82, 2.24) is 0 Å². The summed E-state index contributed by atoms with van der Waals surface area (Å²) in [4.78, 5) is 0. The summed E-state index contributed by atoms with van der Waals surface area (Å²) >= 11 is 0. The molecule has 0 N–H and O–H groups in total. The first-order valence-electron chi connectivity index (χ1n) is 7.23. The number of benzene rings is 1. The normalized spacial score (nSPS) is 14.8. The maximum atomic E-state index is 3.44. The standard InChI is InChI=1S/C10H9.C10H15.2ClH.Zr/c1-8-6-9-4-2-3-5-10(9)7-8;1-7-6-10(4,5)9(3)8(7)2;;;/h2-7H,1H3;1-5H3;2*1H;/q2*-1;;;+4/p-2. The molecule has 23 heavy (non-hydrogen) atoms. The van der Waals surface area contributed by atoms with Crippen LogP contribution in [0.3, 0.4) is 0 Å². The monoisotopic (exact) mass is 424 g/mol. The van der Waals surface area contributed by atoms with Crippen LogP contribution in [0.4, 0.5) is 0 Å². The first-order chi connectivity index (χ1) is 9.31. The number of halogens is 2. The average Bonchev–Trinajstić information content (AvgIpc) is 2.83. The van der Waals surface area contributed by atoms with E-state index in [-0.39, 0.29) is 56.4 Å². The fourth-order valence-corrected chi connectivity index (χ4v) is 2.71. The van der Waals surface area contributed by atoms with E-state index in [1.54, 1.807) is 0 Å². The zero-order valence-corrected chi connectivity index (χ0v) is 18.7. The van der Waals surface area contributed by atoms with Gasteiger partial charge in [-0.25, -0.2) is 5.57 Å². The van der Waals surface area contributed by atoms with Crippen molar-refractivity contribution in [2.24, 2.45) is 5.41 Å². The Morgan fingerprint density at radius 2 is 1.52 bits per heavy atom. The largest absolute Gasteiger partial charge is 4.00 e. The third-order valence-corrected chi connectivity index (χ3v) is 4.32. The second kappa shape index (κ2) is 9.92. The average molecular weight is 427 g/mol. The van der Waals surface area contributed by atoms with E-state index in [0.717, 1.165) is 0 Å². The molecule has 0 fully saturated rings. The molecule has 0 saturated carbocycles. The summed E-state index contributed by atoms with van der Waals surface area (Å²) in [7, 11) is 0. The fraction of sp³-hybridized carbons (Fsp3) is 0.350. The summed E-state index contributed by atoms with van der Waals surface area (Å²) in [5.41, 5.74) is 5.74. The Morgan fingerprint density at radius 3 is 1.91 bits per heavy atom. The van der Waals surface area contributed by atoms with Crippen LogP contribution in [0.2, 0.25) is 0 Å². The molecule has 0 saturated heterocycles. The molecule has 0 atom stereocenters. The second-order valence-electron chi connectivity index (χ2n) is 6.29. The SMILES string of the molecule is CC1=[C-]C(C)(C)C(C)=C1C.Cc1cc2ccccc2[cH-]1.[Cl-].[Cl-].[Zr+4]. The Bertz CT molecular complexity index is 657. The van der Waals surface area contributed by atoms with Crippen molar-refractivity contribution >= 4 is 10.8 Å². The van der Waals surface area contributed by atoms with Gasteiger partial charge in [0.1, 0.15) is 0 Å². The molecule has 1 aliphatic rings. The van der Waals surface area contributed by atoms with E-state index in [1.165, 1.54) is 33.1 Å². The van der Waals surface area contributed by atoms with E-state index in [4.69, 9.17) is 0 Å². The Hall–Kier alpha value is -0.227. The molecule has 3 rings (SSSR count). The van der Waals surface area contributed by atoms with Crippen molar-refractivity contribution in [3.05, 3.63) is 64.8 Å². The summed E-state index contributed by atoms with van der Waals surface area (Å²) in [6.07, 6.45) is 3.44. The topological polar surface area (TPSA) is 0 Å². The minimum Gasteiger partial charge on any atom is -1.00 e. The van der Waals surface area contributed by atoms with Gasteiger partial charge >= 0.3 is 26.2 Å². The smallest absolute Gasteiger partial charge is 1.00 e. The van der Waals surface area contributed by atoms with Gasteiger partial charge in [0.25, 0.3) is 0 Å². The van der Waals surface area contributed by atoms with Crippen molar-refractivity contribution in [2.75, 3.05) is 0 Å². The zero-order valence-electron chi connectivity index (χ0n) is 14.7. The molecule has 0 nitrogen and oxygen atoms in total. The molecule has 1 aliphatic carbocycles. The van der Waals surface area contributed by atoms with Crippen LogP contribution in [-0.4, -0.2) is 0 Å². The van der Waals surface area contributed by atoms with Gasteiger partial charge in [-0.2, -0.15) is 17.2 Å². The molecular weight excluding hydrogens is 402 g/mol. The van der Waals surface area contributed by atoms with E-state index in [2.05, 4.69) is 84.0 Å². The van der Waals surface area contributed by atoms with Gasteiger partial charge in [0, 0.05) is 0 Å². The predicted molar refractivity (Wildman–Crippen MR) is 88.9 cm³/mol. The zero-order chi connectivity index (χ0) is 14.9. The maximum absolute atomic E-state index is 3.44. The third-order valence-electron chi connectivity index (χ3n) is 4.32. The van der Waals surface area contributed by atoms with Gasteiger partial charge in [-0.1, -0.05) is 46.1 Å². The number of allylic oxidation sites excluding steroid dienone is 4. The molecule has 0 spiro atoms. The molecule has 0 heterocycles. The Labute approximate surface area is 172 Å². The van der Waals surface area contributed by atoms with Crippen molar-refractivity contribution in [2.45, 2.75) is 41.5 Å². The molecule has 0 radical (unpaired) electrons. The Morgan fingerprint density at radius 1 is 0.957 bits per heavy atom. The summed E-state index contributed by atoms with van der Waals surface area (Å²) in [5, 5.41) is 2.69. The van der Waals surface area contributed by atoms with Crippen LogP contribution in [-0.2, 0) is 26.2 Å². The van der Waals surface area contributed by atoms with Crippen molar-refractivity contribution in [3.8, 4) is 0 Å². The van der Waals surface area contributed by atoms with Crippen LogP contribution >= 0.6 is 0 Å². The van der Waals surface area contributed by atoms with Gasteiger partial charge in [-0.3, -0.25) is 6.08 Å². The minimum atomic E-state index is 0. The first-order valence-corrected chi connectivity index (χ1v) is 7.23. The summed E-state index contributed by atoms with van der Waals surface area (Å²) in [5.74, 6) is 0. The second-order valence-corrected chi connectivity index (χ2v) is 6.29. The van der Waals surface area contributed by atoms with Crippen LogP contribution in [0.25, 0.3) is 10.8 Å². The van der Waals surface area contributed by atoms with Crippen LogP contribution in [0.1, 0.15) is 40.2 Å². The molecule has 0 aromatic heterocycles. The number of rotatable bonds is 0.